The average Bonchev–Trinajstić information content (AvgIpc) is 2.23. The van der Waals surface area contributed by atoms with Gasteiger partial charge in [0.1, 0.15) is 0 Å². The van der Waals surface area contributed by atoms with Gasteiger partial charge in [0.15, 0.2) is 0 Å². The van der Waals surface area contributed by atoms with Gasteiger partial charge in [-0.2, -0.15) is 0 Å². The molecule has 0 aliphatic rings. The molecule has 0 aliphatic heterocycles. The molecule has 0 spiro atoms. The second-order valence-corrected chi connectivity index (χ2v) is 3.21. The fourth-order valence-corrected chi connectivity index (χ4v) is 1.38. The highest BCUT2D eigenvalue weighted by Gasteiger charge is 1.98. The Labute approximate surface area is 83.2 Å². The Balaban J connectivity index is 2.48. The molecule has 0 aliphatic carbocycles. The molecule has 2 aromatic rings. The van der Waals surface area contributed by atoms with E-state index in [1.165, 1.54) is 0 Å². The number of nitrogens with two attached hydrogens (primary N) is 2. The van der Waals surface area contributed by atoms with E-state index in [2.05, 4.69) is 0 Å². The lowest BCUT2D eigenvalue weighted by Gasteiger charge is -2.04. The lowest BCUT2D eigenvalue weighted by molar-refractivity contribution is 1.61. The molecule has 4 N–H and O–H groups in total. The van der Waals surface area contributed by atoms with Crippen LogP contribution < -0.4 is 11.5 Å². The van der Waals surface area contributed by atoms with E-state index >= 15 is 0 Å². The largest absolute Gasteiger partial charge is 0.397 e. The van der Waals surface area contributed by atoms with Crippen molar-refractivity contribution in [1.29, 1.82) is 0 Å². The third-order valence-corrected chi connectivity index (χ3v) is 2.19. The molecule has 0 amide bonds. The molecule has 0 heterocycles. The van der Waals surface area contributed by atoms with Gasteiger partial charge in [-0.3, -0.25) is 0 Å². The molecule has 2 heteroatoms. The van der Waals surface area contributed by atoms with Gasteiger partial charge < -0.3 is 11.5 Å². The van der Waals surface area contributed by atoms with Crippen LogP contribution >= 0.6 is 0 Å². The molecule has 0 radical (unpaired) electrons. The first-order valence-corrected chi connectivity index (χ1v) is 4.48. The van der Waals surface area contributed by atoms with Crippen LogP contribution in [-0.2, 0) is 0 Å². The summed E-state index contributed by atoms with van der Waals surface area (Å²) in [5.41, 5.74) is 14.9. The molecule has 2 nitrogen and oxygen atoms in total. The van der Waals surface area contributed by atoms with Crippen molar-refractivity contribution in [2.45, 2.75) is 0 Å². The van der Waals surface area contributed by atoms with Gasteiger partial charge >= 0.3 is 0 Å². The van der Waals surface area contributed by atoms with E-state index in [1.807, 2.05) is 48.5 Å². The molecule has 0 unspecified atom stereocenters. The van der Waals surface area contributed by atoms with E-state index in [9.17, 15) is 0 Å². The maximum atomic E-state index is 5.73. The SMILES string of the molecule is Nc1ccc(-c2ccccc2)cc1N. The fraction of sp³-hybridized carbons (Fsp3) is 0. The van der Waals surface area contributed by atoms with Crippen molar-refractivity contribution in [1.82, 2.24) is 0 Å². The highest BCUT2D eigenvalue weighted by Crippen LogP contribution is 2.24. The maximum absolute atomic E-state index is 5.73. The van der Waals surface area contributed by atoms with Crippen LogP contribution in [0.4, 0.5) is 11.4 Å². The second-order valence-electron chi connectivity index (χ2n) is 3.21. The number of benzene rings is 2. The second kappa shape index (κ2) is 3.42. The predicted molar refractivity (Wildman–Crippen MR) is 60.7 cm³/mol. The minimum atomic E-state index is 0.629. The van der Waals surface area contributed by atoms with Gasteiger partial charge in [-0.15, -0.1) is 0 Å². The zero-order valence-electron chi connectivity index (χ0n) is 7.77. The third-order valence-electron chi connectivity index (χ3n) is 2.19. The quantitative estimate of drug-likeness (QED) is 0.669. The Morgan fingerprint density at radius 2 is 1.36 bits per heavy atom. The molecule has 0 atom stereocenters. The summed E-state index contributed by atoms with van der Waals surface area (Å²) in [6.45, 7) is 0. The molecule has 0 fully saturated rings. The smallest absolute Gasteiger partial charge is 0.0554 e. The molecule has 0 saturated heterocycles. The van der Waals surface area contributed by atoms with Gasteiger partial charge in [0, 0.05) is 0 Å². The van der Waals surface area contributed by atoms with Crippen LogP contribution in [0.5, 0.6) is 0 Å². The Morgan fingerprint density at radius 1 is 0.643 bits per heavy atom. The van der Waals surface area contributed by atoms with Crippen LogP contribution in [0.1, 0.15) is 0 Å². The summed E-state index contributed by atoms with van der Waals surface area (Å²) < 4.78 is 0. The van der Waals surface area contributed by atoms with Gasteiger partial charge in [-0.05, 0) is 23.3 Å². The Kier molecular flexibility index (Phi) is 2.11. The summed E-state index contributed by atoms with van der Waals surface area (Å²) in [7, 11) is 0. The highest BCUT2D eigenvalue weighted by molar-refractivity contribution is 5.74. The lowest BCUT2D eigenvalue weighted by atomic mass is 10.0. The minimum absolute atomic E-state index is 0.629. The summed E-state index contributed by atoms with van der Waals surface area (Å²) >= 11 is 0. The molecule has 0 saturated carbocycles. The zero-order valence-corrected chi connectivity index (χ0v) is 7.77. The van der Waals surface area contributed by atoms with Crippen LogP contribution in [0.2, 0.25) is 0 Å². The number of hydrogen-bond acceptors (Lipinski definition) is 2. The van der Waals surface area contributed by atoms with Crippen LogP contribution in [0.25, 0.3) is 11.1 Å². The monoisotopic (exact) mass is 184 g/mol. The van der Waals surface area contributed by atoms with Gasteiger partial charge in [0.2, 0.25) is 0 Å². The third kappa shape index (κ3) is 1.55. The van der Waals surface area contributed by atoms with Crippen molar-refractivity contribution >= 4 is 11.4 Å². The van der Waals surface area contributed by atoms with Crippen molar-refractivity contribution in [2.24, 2.45) is 0 Å². The molecular weight excluding hydrogens is 172 g/mol. The predicted octanol–water partition coefficient (Wildman–Crippen LogP) is 2.52. The van der Waals surface area contributed by atoms with Crippen molar-refractivity contribution in [3.05, 3.63) is 48.5 Å². The van der Waals surface area contributed by atoms with Gasteiger partial charge in [-0.1, -0.05) is 36.4 Å². The van der Waals surface area contributed by atoms with Crippen molar-refractivity contribution in [3.8, 4) is 11.1 Å². The first-order valence-electron chi connectivity index (χ1n) is 4.48. The zero-order chi connectivity index (χ0) is 9.97. The number of hydrogen-bond donors (Lipinski definition) is 2. The van der Waals surface area contributed by atoms with E-state index in [-0.39, 0.29) is 0 Å². The Hall–Kier alpha value is -1.96. The van der Waals surface area contributed by atoms with E-state index in [0.717, 1.165) is 11.1 Å². The van der Waals surface area contributed by atoms with E-state index in [4.69, 9.17) is 11.5 Å². The van der Waals surface area contributed by atoms with E-state index in [0.29, 0.717) is 11.4 Å². The highest BCUT2D eigenvalue weighted by atomic mass is 14.7. The summed E-state index contributed by atoms with van der Waals surface area (Å²) in [6.07, 6.45) is 0. The summed E-state index contributed by atoms with van der Waals surface area (Å²) in [5.74, 6) is 0. The van der Waals surface area contributed by atoms with Crippen LogP contribution in [0.15, 0.2) is 48.5 Å². The lowest BCUT2D eigenvalue weighted by Crippen LogP contribution is -1.94. The molecule has 2 aromatic carbocycles. The fourth-order valence-electron chi connectivity index (χ4n) is 1.38. The van der Waals surface area contributed by atoms with Gasteiger partial charge in [0.25, 0.3) is 0 Å². The average molecular weight is 184 g/mol. The summed E-state index contributed by atoms with van der Waals surface area (Å²) in [5, 5.41) is 0. The summed E-state index contributed by atoms with van der Waals surface area (Å²) in [6, 6.07) is 15.8. The maximum Gasteiger partial charge on any atom is 0.0554 e. The topological polar surface area (TPSA) is 52.0 Å². The van der Waals surface area contributed by atoms with Crippen molar-refractivity contribution in [3.63, 3.8) is 0 Å². The van der Waals surface area contributed by atoms with Gasteiger partial charge in [-0.25, -0.2) is 0 Å². The van der Waals surface area contributed by atoms with Crippen molar-refractivity contribution in [2.75, 3.05) is 11.5 Å². The number of anilines is 2. The first kappa shape index (κ1) is 8.63. The molecule has 14 heavy (non-hydrogen) atoms. The minimum Gasteiger partial charge on any atom is -0.397 e. The Morgan fingerprint density at radius 3 is 2.00 bits per heavy atom. The molecular formula is C12H12N2. The standard InChI is InChI=1S/C12H12N2/c13-11-7-6-10(8-12(11)14)9-4-2-1-3-5-9/h1-8H,13-14H2. The Bertz CT molecular complexity index is 435. The molecule has 2 rings (SSSR count). The molecule has 0 bridgehead atoms. The molecule has 70 valence electrons. The van der Waals surface area contributed by atoms with Crippen LogP contribution in [-0.4, -0.2) is 0 Å². The normalized spacial score (nSPS) is 10.0. The molecule has 0 aromatic heterocycles. The van der Waals surface area contributed by atoms with Crippen molar-refractivity contribution < 1.29 is 0 Å². The number of nitrogen functional groups attached to an aromatic ring is 2. The van der Waals surface area contributed by atoms with E-state index < -0.39 is 0 Å². The van der Waals surface area contributed by atoms with E-state index in [1.54, 1.807) is 0 Å². The number of rotatable bonds is 1. The van der Waals surface area contributed by atoms with Crippen LogP contribution in [0.3, 0.4) is 0 Å². The van der Waals surface area contributed by atoms with Crippen LogP contribution in [0, 0.1) is 0 Å². The first-order chi connectivity index (χ1) is 6.77. The van der Waals surface area contributed by atoms with Gasteiger partial charge in [0.05, 0.1) is 11.4 Å². The summed E-state index contributed by atoms with van der Waals surface area (Å²) in [4.78, 5) is 0.